The molecule has 32 heavy (non-hydrogen) atoms. The van der Waals surface area contributed by atoms with E-state index < -0.39 is 5.82 Å². The number of carbonyl (C=O) groups excluding carboxylic acids is 1. The summed E-state index contributed by atoms with van der Waals surface area (Å²) in [4.78, 5) is 21.5. The van der Waals surface area contributed by atoms with Gasteiger partial charge in [0, 0.05) is 13.1 Å². The molecule has 0 saturated carbocycles. The van der Waals surface area contributed by atoms with Crippen molar-refractivity contribution in [3.8, 4) is 5.69 Å². The van der Waals surface area contributed by atoms with Crippen LogP contribution in [0.5, 0.6) is 0 Å². The monoisotopic (exact) mass is 450 g/mol. The van der Waals surface area contributed by atoms with Crippen molar-refractivity contribution in [3.63, 3.8) is 0 Å². The van der Waals surface area contributed by atoms with Crippen molar-refractivity contribution in [2.24, 2.45) is 5.92 Å². The van der Waals surface area contributed by atoms with E-state index in [1.54, 1.807) is 17.4 Å². The largest absolute Gasteiger partial charge is 0.359 e. The number of aromatic nitrogens is 4. The van der Waals surface area contributed by atoms with Gasteiger partial charge in [-0.1, -0.05) is 30.4 Å². The lowest BCUT2D eigenvalue weighted by Crippen LogP contribution is -2.51. The van der Waals surface area contributed by atoms with E-state index in [0.29, 0.717) is 24.7 Å². The smallest absolute Gasteiger partial charge is 0.256 e. The number of likely N-dealkylation sites (tertiary alicyclic amines) is 1. The third kappa shape index (κ3) is 3.95. The Hall–Kier alpha value is -3.33. The lowest BCUT2D eigenvalue weighted by atomic mass is 9.90. The molecule has 4 aromatic rings. The van der Waals surface area contributed by atoms with Crippen molar-refractivity contribution in [3.05, 3.63) is 66.2 Å². The fourth-order valence-electron chi connectivity index (χ4n) is 4.30. The number of piperidine rings is 1. The van der Waals surface area contributed by atoms with Gasteiger partial charge in [0.1, 0.15) is 5.82 Å². The van der Waals surface area contributed by atoms with E-state index in [2.05, 4.69) is 27.4 Å². The molecule has 0 radical (unpaired) electrons. The Balaban J connectivity index is 1.41. The van der Waals surface area contributed by atoms with E-state index >= 15 is 0 Å². The van der Waals surface area contributed by atoms with Crippen molar-refractivity contribution in [2.75, 3.05) is 18.4 Å². The average Bonchev–Trinajstić information content (AvgIpc) is 3.47. The van der Waals surface area contributed by atoms with Gasteiger partial charge in [0.15, 0.2) is 5.13 Å². The van der Waals surface area contributed by atoms with Crippen molar-refractivity contribution in [1.29, 1.82) is 0 Å². The summed E-state index contributed by atoms with van der Waals surface area (Å²) in [5, 5.41) is 12.5. The highest BCUT2D eigenvalue weighted by atomic mass is 32.1. The number of carbonyl (C=O) groups is 1. The first kappa shape index (κ1) is 20.6. The molecule has 2 aromatic heterocycles. The maximum Gasteiger partial charge on any atom is 0.256 e. The summed E-state index contributed by atoms with van der Waals surface area (Å²) in [6.45, 7) is 3.36. The molecule has 7 nitrogen and oxygen atoms in total. The highest BCUT2D eigenvalue weighted by molar-refractivity contribution is 7.22. The molecule has 1 N–H and O–H groups in total. The third-order valence-corrected chi connectivity index (χ3v) is 6.95. The minimum Gasteiger partial charge on any atom is -0.359 e. The Morgan fingerprint density at radius 2 is 2.03 bits per heavy atom. The molecule has 2 atom stereocenters. The zero-order valence-corrected chi connectivity index (χ0v) is 18.4. The number of anilines is 1. The quantitative estimate of drug-likeness (QED) is 0.489. The number of amides is 1. The van der Waals surface area contributed by atoms with E-state index in [4.69, 9.17) is 0 Å². The first-order chi connectivity index (χ1) is 15.6. The Morgan fingerprint density at radius 1 is 1.22 bits per heavy atom. The summed E-state index contributed by atoms with van der Waals surface area (Å²) in [6, 6.07) is 12.1. The normalized spacial score (nSPS) is 18.8. The summed E-state index contributed by atoms with van der Waals surface area (Å²) in [7, 11) is 0. The molecule has 0 aliphatic carbocycles. The number of para-hydroxylation sites is 1. The molecule has 0 bridgehead atoms. The number of fused-ring (bicyclic) bond motifs is 1. The van der Waals surface area contributed by atoms with Gasteiger partial charge in [-0.25, -0.2) is 9.37 Å². The number of hydrogen-bond donors (Lipinski definition) is 1. The Labute approximate surface area is 188 Å². The number of benzene rings is 2. The second kappa shape index (κ2) is 8.66. The zero-order chi connectivity index (χ0) is 22.1. The van der Waals surface area contributed by atoms with Gasteiger partial charge >= 0.3 is 0 Å². The molecule has 5 rings (SSSR count). The standard InChI is InChI=1S/C23H23FN6OS/c1-15-5-4-12-29(20(15)14-25-23-28-18-6-2-3-7-21(18)32-23)22(31)17-13-16(24)8-9-19(17)30-26-10-11-27-30/h2-3,6-11,13,15,20H,4-5,12,14H2,1H3,(H,25,28)/t15-,20-/m1/s1. The molecule has 2 aromatic carbocycles. The van der Waals surface area contributed by atoms with Crippen LogP contribution in [0.1, 0.15) is 30.1 Å². The minimum atomic E-state index is -0.460. The van der Waals surface area contributed by atoms with Crippen LogP contribution >= 0.6 is 11.3 Å². The molecule has 1 aliphatic heterocycles. The highest BCUT2D eigenvalue weighted by Crippen LogP contribution is 2.29. The van der Waals surface area contributed by atoms with E-state index in [0.717, 1.165) is 28.2 Å². The predicted molar refractivity (Wildman–Crippen MR) is 123 cm³/mol. The fraction of sp³-hybridized carbons (Fsp3) is 0.304. The van der Waals surface area contributed by atoms with Crippen LogP contribution in [0.15, 0.2) is 54.9 Å². The van der Waals surface area contributed by atoms with Crippen molar-refractivity contribution < 1.29 is 9.18 Å². The number of nitrogens with zero attached hydrogens (tertiary/aromatic N) is 5. The number of rotatable bonds is 5. The zero-order valence-electron chi connectivity index (χ0n) is 17.6. The van der Waals surface area contributed by atoms with Crippen molar-refractivity contribution in [2.45, 2.75) is 25.8 Å². The number of thiazole rings is 1. The van der Waals surface area contributed by atoms with Gasteiger partial charge < -0.3 is 10.2 Å². The first-order valence-electron chi connectivity index (χ1n) is 10.7. The Bertz CT molecular complexity index is 1210. The summed E-state index contributed by atoms with van der Waals surface area (Å²) in [5.74, 6) is -0.368. The minimum absolute atomic E-state index is 0.0371. The molecule has 3 heterocycles. The van der Waals surface area contributed by atoms with Gasteiger partial charge in [0.05, 0.1) is 39.9 Å². The highest BCUT2D eigenvalue weighted by Gasteiger charge is 2.33. The van der Waals surface area contributed by atoms with E-state index in [1.165, 1.54) is 29.3 Å². The SMILES string of the molecule is C[C@@H]1CCCN(C(=O)c2cc(F)ccc2-n2nccn2)[C@@H]1CNc1nc2ccccc2s1. The van der Waals surface area contributed by atoms with Crippen LogP contribution < -0.4 is 5.32 Å². The van der Waals surface area contributed by atoms with Crippen LogP contribution in [0.2, 0.25) is 0 Å². The van der Waals surface area contributed by atoms with Gasteiger partial charge in [-0.15, -0.1) is 0 Å². The van der Waals surface area contributed by atoms with Crippen molar-refractivity contribution in [1.82, 2.24) is 24.9 Å². The molecule has 1 aliphatic rings. The van der Waals surface area contributed by atoms with Gasteiger partial charge in [-0.3, -0.25) is 4.79 Å². The van der Waals surface area contributed by atoms with Crippen LogP contribution in [0, 0.1) is 11.7 Å². The van der Waals surface area contributed by atoms with Crippen LogP contribution in [-0.4, -0.2) is 49.9 Å². The lowest BCUT2D eigenvalue weighted by molar-refractivity contribution is 0.0539. The molecule has 9 heteroatoms. The molecule has 0 unspecified atom stereocenters. The number of halogens is 1. The molecular weight excluding hydrogens is 427 g/mol. The molecule has 0 spiro atoms. The van der Waals surface area contributed by atoms with Crippen LogP contribution in [-0.2, 0) is 0 Å². The summed E-state index contributed by atoms with van der Waals surface area (Å²) in [6.07, 6.45) is 5.01. The average molecular weight is 451 g/mol. The van der Waals surface area contributed by atoms with Gasteiger partial charge in [0.2, 0.25) is 0 Å². The maximum absolute atomic E-state index is 14.1. The number of nitrogens with one attached hydrogen (secondary N) is 1. The van der Waals surface area contributed by atoms with E-state index in [1.807, 2.05) is 29.2 Å². The molecule has 164 valence electrons. The van der Waals surface area contributed by atoms with Gasteiger partial charge in [0.25, 0.3) is 5.91 Å². The first-order valence-corrected chi connectivity index (χ1v) is 11.5. The lowest BCUT2D eigenvalue weighted by Gasteiger charge is -2.40. The van der Waals surface area contributed by atoms with Crippen LogP contribution in [0.4, 0.5) is 9.52 Å². The molecular formula is C23H23FN6OS. The summed E-state index contributed by atoms with van der Waals surface area (Å²) in [5.41, 5.74) is 1.69. The fourth-order valence-corrected chi connectivity index (χ4v) is 5.17. The summed E-state index contributed by atoms with van der Waals surface area (Å²) >= 11 is 1.60. The molecule has 1 saturated heterocycles. The molecule has 1 fully saturated rings. The molecule has 1 amide bonds. The van der Waals surface area contributed by atoms with Crippen LogP contribution in [0.25, 0.3) is 15.9 Å². The van der Waals surface area contributed by atoms with E-state index in [-0.39, 0.29) is 17.5 Å². The van der Waals surface area contributed by atoms with Crippen LogP contribution in [0.3, 0.4) is 0 Å². The third-order valence-electron chi connectivity index (χ3n) is 5.96. The van der Waals surface area contributed by atoms with Gasteiger partial charge in [-0.2, -0.15) is 15.0 Å². The predicted octanol–water partition coefficient (Wildman–Crippen LogP) is 4.37. The van der Waals surface area contributed by atoms with E-state index in [9.17, 15) is 9.18 Å². The van der Waals surface area contributed by atoms with Gasteiger partial charge in [-0.05, 0) is 49.1 Å². The number of hydrogen-bond acceptors (Lipinski definition) is 6. The second-order valence-electron chi connectivity index (χ2n) is 8.03. The second-order valence-corrected chi connectivity index (χ2v) is 9.06. The Kier molecular flexibility index (Phi) is 5.57. The Morgan fingerprint density at radius 3 is 2.84 bits per heavy atom. The summed E-state index contributed by atoms with van der Waals surface area (Å²) < 4.78 is 15.2. The maximum atomic E-state index is 14.1. The van der Waals surface area contributed by atoms with Crippen molar-refractivity contribution >= 4 is 32.6 Å². The topological polar surface area (TPSA) is 75.9 Å².